The number of hydrogen-bond donors (Lipinski definition) is 2. The van der Waals surface area contributed by atoms with Crippen LogP contribution in [0.5, 0.6) is 0 Å². The minimum atomic E-state index is 0.653. The van der Waals surface area contributed by atoms with Crippen molar-refractivity contribution in [3.05, 3.63) is 54.6 Å². The maximum absolute atomic E-state index is 5.43. The number of nitrogens with two attached hydrogens (primary N) is 1. The van der Waals surface area contributed by atoms with Crippen LogP contribution in [0, 0.1) is 0 Å². The first kappa shape index (κ1) is 10.7. The Balaban J connectivity index is 2.13. The van der Waals surface area contributed by atoms with Crippen LogP contribution in [0.4, 0.5) is 5.69 Å². The van der Waals surface area contributed by atoms with Crippen LogP contribution < -0.4 is 11.1 Å². The third-order valence-corrected chi connectivity index (χ3v) is 2.47. The van der Waals surface area contributed by atoms with Gasteiger partial charge in [-0.25, -0.2) is 0 Å². The van der Waals surface area contributed by atoms with Crippen LogP contribution in [0.25, 0.3) is 11.1 Å². The second kappa shape index (κ2) is 5.33. The van der Waals surface area contributed by atoms with Gasteiger partial charge >= 0.3 is 0 Å². The largest absolute Gasteiger partial charge is 0.384 e. The molecule has 2 nitrogen and oxygen atoms in total. The van der Waals surface area contributed by atoms with Gasteiger partial charge in [-0.05, 0) is 23.3 Å². The molecule has 82 valence electrons. The molecule has 0 aliphatic rings. The Morgan fingerprint density at radius 3 is 2.06 bits per heavy atom. The zero-order chi connectivity index (χ0) is 11.2. The molecule has 0 bridgehead atoms. The fourth-order valence-electron chi connectivity index (χ4n) is 1.63. The quantitative estimate of drug-likeness (QED) is 0.817. The number of hydrogen-bond acceptors (Lipinski definition) is 2. The molecule has 2 heteroatoms. The molecular weight excluding hydrogens is 196 g/mol. The van der Waals surface area contributed by atoms with Crippen molar-refractivity contribution in [2.45, 2.75) is 0 Å². The number of nitrogens with one attached hydrogen (secondary N) is 1. The number of rotatable bonds is 4. The third-order valence-electron chi connectivity index (χ3n) is 2.47. The second-order valence-corrected chi connectivity index (χ2v) is 3.66. The fourth-order valence-corrected chi connectivity index (χ4v) is 1.63. The lowest BCUT2D eigenvalue weighted by atomic mass is 10.1. The van der Waals surface area contributed by atoms with Gasteiger partial charge in [0.05, 0.1) is 0 Å². The summed E-state index contributed by atoms with van der Waals surface area (Å²) in [4.78, 5) is 0. The highest BCUT2D eigenvalue weighted by Crippen LogP contribution is 2.20. The van der Waals surface area contributed by atoms with Crippen molar-refractivity contribution in [3.63, 3.8) is 0 Å². The van der Waals surface area contributed by atoms with E-state index in [-0.39, 0.29) is 0 Å². The average molecular weight is 212 g/mol. The van der Waals surface area contributed by atoms with Gasteiger partial charge in [-0.15, -0.1) is 0 Å². The molecule has 0 heterocycles. The molecule has 16 heavy (non-hydrogen) atoms. The van der Waals surface area contributed by atoms with Gasteiger partial charge in [-0.2, -0.15) is 0 Å². The standard InChI is InChI=1S/C14H16N2/c15-10-11-16-14-8-6-13(7-9-14)12-4-2-1-3-5-12/h1-9,16H,10-11,15H2. The second-order valence-electron chi connectivity index (χ2n) is 3.66. The van der Waals surface area contributed by atoms with Gasteiger partial charge in [0.15, 0.2) is 0 Å². The predicted octanol–water partition coefficient (Wildman–Crippen LogP) is 2.72. The van der Waals surface area contributed by atoms with Crippen molar-refractivity contribution in [2.24, 2.45) is 5.73 Å². The number of benzene rings is 2. The molecule has 0 aliphatic heterocycles. The SMILES string of the molecule is NCCNc1ccc(-c2ccccc2)cc1. The Morgan fingerprint density at radius 1 is 0.812 bits per heavy atom. The summed E-state index contributed by atoms with van der Waals surface area (Å²) in [5.41, 5.74) is 9.03. The van der Waals surface area contributed by atoms with E-state index in [0.29, 0.717) is 6.54 Å². The summed E-state index contributed by atoms with van der Waals surface area (Å²) < 4.78 is 0. The van der Waals surface area contributed by atoms with Crippen LogP contribution in [0.15, 0.2) is 54.6 Å². The molecule has 0 fully saturated rings. The van der Waals surface area contributed by atoms with Gasteiger partial charge < -0.3 is 11.1 Å². The molecule has 0 radical (unpaired) electrons. The third kappa shape index (κ3) is 2.61. The van der Waals surface area contributed by atoms with E-state index in [1.54, 1.807) is 0 Å². The van der Waals surface area contributed by atoms with Crippen molar-refractivity contribution >= 4 is 5.69 Å². The van der Waals surface area contributed by atoms with Gasteiger partial charge in [-0.1, -0.05) is 42.5 Å². The van der Waals surface area contributed by atoms with Crippen LogP contribution in [0.2, 0.25) is 0 Å². The van der Waals surface area contributed by atoms with Gasteiger partial charge in [0, 0.05) is 18.8 Å². The molecule has 0 spiro atoms. The van der Waals surface area contributed by atoms with E-state index in [2.05, 4.69) is 53.8 Å². The van der Waals surface area contributed by atoms with Gasteiger partial charge in [-0.3, -0.25) is 0 Å². The van der Waals surface area contributed by atoms with Crippen molar-refractivity contribution < 1.29 is 0 Å². The summed E-state index contributed by atoms with van der Waals surface area (Å²) in [6.45, 7) is 1.46. The summed E-state index contributed by atoms with van der Waals surface area (Å²) in [5.74, 6) is 0. The molecule has 2 aromatic rings. The molecule has 0 aliphatic carbocycles. The first-order chi connectivity index (χ1) is 7.90. The Labute approximate surface area is 96.1 Å². The Kier molecular flexibility index (Phi) is 3.57. The van der Waals surface area contributed by atoms with Crippen LogP contribution in [0.3, 0.4) is 0 Å². The van der Waals surface area contributed by atoms with Crippen molar-refractivity contribution in [2.75, 3.05) is 18.4 Å². The molecular formula is C14H16N2. The molecule has 0 atom stereocenters. The van der Waals surface area contributed by atoms with Crippen LogP contribution in [0.1, 0.15) is 0 Å². The Morgan fingerprint density at radius 2 is 1.44 bits per heavy atom. The highest BCUT2D eigenvalue weighted by molar-refractivity contribution is 5.65. The van der Waals surface area contributed by atoms with Crippen molar-refractivity contribution in [1.29, 1.82) is 0 Å². The lowest BCUT2D eigenvalue weighted by molar-refractivity contribution is 1.02. The molecule has 2 rings (SSSR count). The Hall–Kier alpha value is -1.80. The van der Waals surface area contributed by atoms with E-state index in [9.17, 15) is 0 Å². The minimum absolute atomic E-state index is 0.653. The van der Waals surface area contributed by atoms with E-state index < -0.39 is 0 Å². The van der Waals surface area contributed by atoms with Crippen molar-refractivity contribution in [1.82, 2.24) is 0 Å². The Bertz CT molecular complexity index is 420. The molecule has 0 saturated carbocycles. The van der Waals surface area contributed by atoms with Gasteiger partial charge in [0.2, 0.25) is 0 Å². The highest BCUT2D eigenvalue weighted by Gasteiger charge is 1.96. The summed E-state index contributed by atoms with van der Waals surface area (Å²) in [5, 5.41) is 3.25. The summed E-state index contributed by atoms with van der Waals surface area (Å²) in [6, 6.07) is 18.8. The van der Waals surface area contributed by atoms with Crippen LogP contribution >= 0.6 is 0 Å². The maximum Gasteiger partial charge on any atom is 0.0341 e. The van der Waals surface area contributed by atoms with Gasteiger partial charge in [0.25, 0.3) is 0 Å². The monoisotopic (exact) mass is 212 g/mol. The zero-order valence-corrected chi connectivity index (χ0v) is 9.19. The molecule has 3 N–H and O–H groups in total. The fraction of sp³-hybridized carbons (Fsp3) is 0.143. The average Bonchev–Trinajstić information content (AvgIpc) is 2.38. The zero-order valence-electron chi connectivity index (χ0n) is 9.19. The van der Waals surface area contributed by atoms with E-state index in [0.717, 1.165) is 12.2 Å². The smallest absolute Gasteiger partial charge is 0.0341 e. The normalized spacial score (nSPS) is 10.1. The van der Waals surface area contributed by atoms with E-state index in [4.69, 9.17) is 5.73 Å². The topological polar surface area (TPSA) is 38.0 Å². The lowest BCUT2D eigenvalue weighted by Crippen LogP contribution is -2.12. The van der Waals surface area contributed by atoms with Crippen molar-refractivity contribution in [3.8, 4) is 11.1 Å². The van der Waals surface area contributed by atoms with Crippen LogP contribution in [-0.4, -0.2) is 13.1 Å². The van der Waals surface area contributed by atoms with E-state index in [1.807, 2.05) is 6.07 Å². The predicted molar refractivity (Wildman–Crippen MR) is 69.4 cm³/mol. The lowest BCUT2D eigenvalue weighted by Gasteiger charge is -2.06. The molecule has 2 aromatic carbocycles. The summed E-state index contributed by atoms with van der Waals surface area (Å²) in [7, 11) is 0. The number of anilines is 1. The van der Waals surface area contributed by atoms with E-state index >= 15 is 0 Å². The highest BCUT2D eigenvalue weighted by atomic mass is 14.9. The first-order valence-corrected chi connectivity index (χ1v) is 5.49. The maximum atomic E-state index is 5.43. The molecule has 0 amide bonds. The molecule has 0 saturated heterocycles. The minimum Gasteiger partial charge on any atom is -0.384 e. The molecule has 0 aromatic heterocycles. The molecule has 0 unspecified atom stereocenters. The van der Waals surface area contributed by atoms with Gasteiger partial charge in [0.1, 0.15) is 0 Å². The summed E-state index contributed by atoms with van der Waals surface area (Å²) in [6.07, 6.45) is 0. The van der Waals surface area contributed by atoms with E-state index in [1.165, 1.54) is 11.1 Å². The van der Waals surface area contributed by atoms with Crippen LogP contribution in [-0.2, 0) is 0 Å². The summed E-state index contributed by atoms with van der Waals surface area (Å²) >= 11 is 0. The first-order valence-electron chi connectivity index (χ1n) is 5.49.